The molecule has 150 valence electrons. The van der Waals surface area contributed by atoms with Gasteiger partial charge in [-0.25, -0.2) is 0 Å². The summed E-state index contributed by atoms with van der Waals surface area (Å²) in [7, 11) is 1.61. The summed E-state index contributed by atoms with van der Waals surface area (Å²) in [6.45, 7) is 6.64. The maximum atomic E-state index is 12.6. The fraction of sp³-hybridized carbons (Fsp3) is 0.364. The molecule has 6 nitrogen and oxygen atoms in total. The Morgan fingerprint density at radius 3 is 2.11 bits per heavy atom. The lowest BCUT2D eigenvalue weighted by molar-refractivity contribution is -0.124. The average molecular weight is 384 g/mol. The molecule has 1 atom stereocenters. The number of ether oxygens (including phenoxy) is 2. The van der Waals surface area contributed by atoms with Crippen LogP contribution in [0, 0.1) is 5.92 Å². The fourth-order valence-electron chi connectivity index (χ4n) is 2.67. The standard InChI is InChI=1S/C22H28N2O4/c1-5-28-19-12-8-17(9-13-19)21(25)24-20(15(2)3)22(26)23-14-16-6-10-18(27-4)11-7-16/h6-13,15,20H,5,14H2,1-4H3,(H,23,26)(H,24,25)/t20-/m0/s1. The summed E-state index contributed by atoms with van der Waals surface area (Å²) in [6, 6.07) is 13.7. The molecule has 0 radical (unpaired) electrons. The van der Waals surface area contributed by atoms with Crippen molar-refractivity contribution >= 4 is 11.8 Å². The fourth-order valence-corrected chi connectivity index (χ4v) is 2.67. The SMILES string of the molecule is CCOc1ccc(C(=O)N[C@H](C(=O)NCc2ccc(OC)cc2)C(C)C)cc1. The lowest BCUT2D eigenvalue weighted by Crippen LogP contribution is -2.49. The van der Waals surface area contributed by atoms with E-state index >= 15 is 0 Å². The molecule has 0 spiro atoms. The maximum Gasteiger partial charge on any atom is 0.251 e. The van der Waals surface area contributed by atoms with Gasteiger partial charge in [0.2, 0.25) is 5.91 Å². The second kappa shape index (κ2) is 10.3. The number of carbonyl (C=O) groups is 2. The largest absolute Gasteiger partial charge is 0.497 e. The van der Waals surface area contributed by atoms with Crippen LogP contribution >= 0.6 is 0 Å². The van der Waals surface area contributed by atoms with Crippen molar-refractivity contribution in [2.24, 2.45) is 5.92 Å². The van der Waals surface area contributed by atoms with Crippen LogP contribution in [-0.2, 0) is 11.3 Å². The molecule has 6 heteroatoms. The van der Waals surface area contributed by atoms with E-state index in [0.717, 1.165) is 11.3 Å². The number of carbonyl (C=O) groups excluding carboxylic acids is 2. The number of benzene rings is 2. The van der Waals surface area contributed by atoms with E-state index in [4.69, 9.17) is 9.47 Å². The number of nitrogens with one attached hydrogen (secondary N) is 2. The highest BCUT2D eigenvalue weighted by Gasteiger charge is 2.24. The van der Waals surface area contributed by atoms with Crippen LogP contribution in [0.3, 0.4) is 0 Å². The Morgan fingerprint density at radius 2 is 1.57 bits per heavy atom. The molecule has 0 aliphatic rings. The van der Waals surface area contributed by atoms with Crippen molar-refractivity contribution in [2.75, 3.05) is 13.7 Å². The molecule has 0 saturated carbocycles. The molecule has 0 saturated heterocycles. The van der Waals surface area contributed by atoms with Crippen LogP contribution in [0.15, 0.2) is 48.5 Å². The van der Waals surface area contributed by atoms with Crippen molar-refractivity contribution in [3.05, 3.63) is 59.7 Å². The minimum atomic E-state index is -0.627. The van der Waals surface area contributed by atoms with Gasteiger partial charge in [0.25, 0.3) is 5.91 Å². The lowest BCUT2D eigenvalue weighted by Gasteiger charge is -2.22. The van der Waals surface area contributed by atoms with Crippen molar-refractivity contribution < 1.29 is 19.1 Å². The molecule has 0 fully saturated rings. The first-order chi connectivity index (χ1) is 13.4. The first-order valence-electron chi connectivity index (χ1n) is 9.39. The average Bonchev–Trinajstić information content (AvgIpc) is 2.71. The molecule has 0 unspecified atom stereocenters. The van der Waals surface area contributed by atoms with E-state index < -0.39 is 6.04 Å². The molecule has 0 heterocycles. The predicted molar refractivity (Wildman–Crippen MR) is 109 cm³/mol. The third-order valence-corrected chi connectivity index (χ3v) is 4.29. The topological polar surface area (TPSA) is 76.7 Å². The Bertz CT molecular complexity index is 770. The van der Waals surface area contributed by atoms with Crippen LogP contribution in [0.25, 0.3) is 0 Å². The second-order valence-electron chi connectivity index (χ2n) is 6.72. The molecule has 0 aliphatic carbocycles. The van der Waals surface area contributed by atoms with Gasteiger partial charge >= 0.3 is 0 Å². The number of rotatable bonds is 9. The van der Waals surface area contributed by atoms with Gasteiger partial charge in [-0.15, -0.1) is 0 Å². The van der Waals surface area contributed by atoms with Crippen LogP contribution in [0.2, 0.25) is 0 Å². The maximum absolute atomic E-state index is 12.6. The van der Waals surface area contributed by atoms with Crippen LogP contribution in [0.4, 0.5) is 0 Å². The Balaban J connectivity index is 1.96. The van der Waals surface area contributed by atoms with Gasteiger partial charge in [-0.2, -0.15) is 0 Å². The van der Waals surface area contributed by atoms with Gasteiger partial charge in [0.1, 0.15) is 17.5 Å². The minimum Gasteiger partial charge on any atom is -0.497 e. The second-order valence-corrected chi connectivity index (χ2v) is 6.72. The molecule has 2 aromatic rings. The quantitative estimate of drug-likeness (QED) is 0.696. The van der Waals surface area contributed by atoms with E-state index in [0.29, 0.717) is 24.5 Å². The van der Waals surface area contributed by atoms with Crippen LogP contribution in [0.5, 0.6) is 11.5 Å². The monoisotopic (exact) mass is 384 g/mol. The lowest BCUT2D eigenvalue weighted by atomic mass is 10.0. The number of methoxy groups -OCH3 is 1. The minimum absolute atomic E-state index is 0.0532. The van der Waals surface area contributed by atoms with E-state index in [1.165, 1.54) is 0 Å². The molecular weight excluding hydrogens is 356 g/mol. The Hall–Kier alpha value is -3.02. The third kappa shape index (κ3) is 6.01. The van der Waals surface area contributed by atoms with Gasteiger partial charge in [0, 0.05) is 12.1 Å². The number of hydrogen-bond donors (Lipinski definition) is 2. The highest BCUT2D eigenvalue weighted by atomic mass is 16.5. The van der Waals surface area contributed by atoms with Gasteiger partial charge in [-0.05, 0) is 54.8 Å². The van der Waals surface area contributed by atoms with Crippen molar-refractivity contribution in [3.8, 4) is 11.5 Å². The van der Waals surface area contributed by atoms with E-state index in [9.17, 15) is 9.59 Å². The van der Waals surface area contributed by atoms with E-state index in [-0.39, 0.29) is 17.7 Å². The zero-order valence-electron chi connectivity index (χ0n) is 16.8. The van der Waals surface area contributed by atoms with Gasteiger partial charge in [-0.3, -0.25) is 9.59 Å². The molecule has 2 amide bonds. The van der Waals surface area contributed by atoms with Gasteiger partial charge in [0.05, 0.1) is 13.7 Å². The normalized spacial score (nSPS) is 11.6. The van der Waals surface area contributed by atoms with E-state index in [2.05, 4.69) is 10.6 Å². The highest BCUT2D eigenvalue weighted by Crippen LogP contribution is 2.14. The Morgan fingerprint density at radius 1 is 0.964 bits per heavy atom. The summed E-state index contributed by atoms with van der Waals surface area (Å²) in [6.07, 6.45) is 0. The molecular formula is C22H28N2O4. The summed E-state index contributed by atoms with van der Waals surface area (Å²) in [5.41, 5.74) is 1.44. The smallest absolute Gasteiger partial charge is 0.251 e. The van der Waals surface area contributed by atoms with Gasteiger partial charge < -0.3 is 20.1 Å². The van der Waals surface area contributed by atoms with Crippen LogP contribution < -0.4 is 20.1 Å². The van der Waals surface area contributed by atoms with Crippen molar-refractivity contribution in [3.63, 3.8) is 0 Å². The summed E-state index contributed by atoms with van der Waals surface area (Å²) >= 11 is 0. The molecule has 2 N–H and O–H groups in total. The van der Waals surface area contributed by atoms with Crippen molar-refractivity contribution in [1.29, 1.82) is 0 Å². The number of hydrogen-bond acceptors (Lipinski definition) is 4. The zero-order chi connectivity index (χ0) is 20.5. The van der Waals surface area contributed by atoms with E-state index in [1.54, 1.807) is 31.4 Å². The summed E-state index contributed by atoms with van der Waals surface area (Å²) < 4.78 is 10.5. The molecule has 0 aliphatic heterocycles. The van der Waals surface area contributed by atoms with Gasteiger partial charge in [-0.1, -0.05) is 26.0 Å². The number of amides is 2. The van der Waals surface area contributed by atoms with Gasteiger partial charge in [0.15, 0.2) is 0 Å². The van der Waals surface area contributed by atoms with E-state index in [1.807, 2.05) is 45.0 Å². The highest BCUT2D eigenvalue weighted by molar-refractivity contribution is 5.97. The third-order valence-electron chi connectivity index (χ3n) is 4.29. The van der Waals surface area contributed by atoms with Crippen LogP contribution in [0.1, 0.15) is 36.7 Å². The molecule has 2 rings (SSSR count). The Labute approximate surface area is 166 Å². The molecule has 0 aromatic heterocycles. The summed E-state index contributed by atoms with van der Waals surface area (Å²) in [5.74, 6) is 0.906. The molecule has 28 heavy (non-hydrogen) atoms. The predicted octanol–water partition coefficient (Wildman–Crippen LogP) is 3.16. The Kier molecular flexibility index (Phi) is 7.87. The zero-order valence-corrected chi connectivity index (χ0v) is 16.8. The van der Waals surface area contributed by atoms with Crippen molar-refractivity contribution in [1.82, 2.24) is 10.6 Å². The van der Waals surface area contributed by atoms with Crippen LogP contribution in [-0.4, -0.2) is 31.6 Å². The molecule has 2 aromatic carbocycles. The summed E-state index contributed by atoms with van der Waals surface area (Å²) in [4.78, 5) is 25.1. The van der Waals surface area contributed by atoms with Crippen molar-refractivity contribution in [2.45, 2.75) is 33.4 Å². The molecule has 0 bridgehead atoms. The summed E-state index contributed by atoms with van der Waals surface area (Å²) in [5, 5.41) is 5.71. The first-order valence-corrected chi connectivity index (χ1v) is 9.39. The first kappa shape index (κ1) is 21.3.